The molecule has 1 saturated heterocycles. The molecule has 6 nitrogen and oxygen atoms in total. The van der Waals surface area contributed by atoms with E-state index in [1.54, 1.807) is 6.92 Å². The van der Waals surface area contributed by atoms with Gasteiger partial charge in [0, 0.05) is 6.54 Å². The van der Waals surface area contributed by atoms with Gasteiger partial charge in [-0.15, -0.1) is 0 Å². The fourth-order valence-corrected chi connectivity index (χ4v) is 2.35. The first-order valence-electron chi connectivity index (χ1n) is 7.11. The van der Waals surface area contributed by atoms with E-state index in [9.17, 15) is 18.4 Å². The molecule has 1 heterocycles. The lowest BCUT2D eigenvalue weighted by atomic mass is 10.0. The molecule has 1 aliphatic rings. The molecule has 0 aromatic heterocycles. The van der Waals surface area contributed by atoms with Gasteiger partial charge in [0.05, 0.1) is 25.4 Å². The number of carbonyl (C=O) groups is 2. The number of alkyl halides is 2. The number of benzene rings is 1. The fraction of sp³-hybridized carbons (Fsp3) is 0.467. The molecule has 0 saturated carbocycles. The van der Waals surface area contributed by atoms with Crippen LogP contribution >= 0.6 is 0 Å². The minimum absolute atomic E-state index is 0.0126. The molecule has 1 aromatic rings. The van der Waals surface area contributed by atoms with Crippen LogP contribution in [0.5, 0.6) is 5.75 Å². The summed E-state index contributed by atoms with van der Waals surface area (Å²) < 4.78 is 39.4. The maximum atomic E-state index is 14.6. The molecule has 8 heteroatoms. The van der Waals surface area contributed by atoms with Gasteiger partial charge in [-0.05, 0) is 19.1 Å². The Morgan fingerprint density at radius 1 is 1.43 bits per heavy atom. The van der Waals surface area contributed by atoms with Crippen molar-refractivity contribution in [1.82, 2.24) is 4.90 Å². The predicted molar refractivity (Wildman–Crippen MR) is 75.5 cm³/mol. The number of carboxylic acid groups (broad SMARTS) is 1. The maximum absolute atomic E-state index is 14.6. The average Bonchev–Trinajstić information content (AvgIpc) is 2.54. The summed E-state index contributed by atoms with van der Waals surface area (Å²) in [4.78, 5) is 24.1. The number of morpholine rings is 1. The Kier molecular flexibility index (Phi) is 5.15. The number of halogens is 2. The molecule has 0 radical (unpaired) electrons. The third-order valence-electron chi connectivity index (χ3n) is 3.47. The third kappa shape index (κ3) is 3.42. The largest absolute Gasteiger partial charge is 0.493 e. The zero-order valence-corrected chi connectivity index (χ0v) is 12.5. The van der Waals surface area contributed by atoms with Gasteiger partial charge in [-0.1, -0.05) is 12.1 Å². The van der Waals surface area contributed by atoms with Crippen molar-refractivity contribution in [2.75, 3.05) is 26.4 Å². The van der Waals surface area contributed by atoms with E-state index in [4.69, 9.17) is 14.6 Å². The van der Waals surface area contributed by atoms with Crippen LogP contribution in [0.25, 0.3) is 0 Å². The highest BCUT2D eigenvalue weighted by molar-refractivity contribution is 5.89. The lowest BCUT2D eigenvalue weighted by Gasteiger charge is -2.35. The number of carboxylic acids is 1. The van der Waals surface area contributed by atoms with Gasteiger partial charge in [-0.3, -0.25) is 4.79 Å². The number of amides is 1. The second-order valence-electron chi connectivity index (χ2n) is 4.93. The summed E-state index contributed by atoms with van der Waals surface area (Å²) in [5, 5.41) is 9.09. The molecule has 1 aromatic carbocycles. The van der Waals surface area contributed by atoms with E-state index >= 15 is 0 Å². The second kappa shape index (κ2) is 6.91. The number of carbonyl (C=O) groups excluding carboxylic acids is 1. The van der Waals surface area contributed by atoms with Gasteiger partial charge >= 0.3 is 11.9 Å². The van der Waals surface area contributed by atoms with Gasteiger partial charge in [-0.2, -0.15) is 8.78 Å². The zero-order chi connectivity index (χ0) is 17.0. The minimum atomic E-state index is -3.89. The van der Waals surface area contributed by atoms with E-state index in [-0.39, 0.29) is 32.1 Å². The number of nitrogens with zero attached hydrogens (tertiary/aromatic N) is 1. The monoisotopic (exact) mass is 329 g/mol. The number of rotatable bonds is 5. The summed E-state index contributed by atoms with van der Waals surface area (Å²) in [6.45, 7) is 1.29. The molecule has 0 spiro atoms. The Hall–Kier alpha value is -2.22. The molecule has 0 aliphatic carbocycles. The number of hydrogen-bond donors (Lipinski definition) is 1. The van der Waals surface area contributed by atoms with Gasteiger partial charge in [0.25, 0.3) is 5.91 Å². The van der Waals surface area contributed by atoms with Crippen LogP contribution in [-0.2, 0) is 20.2 Å². The second-order valence-corrected chi connectivity index (χ2v) is 4.93. The molecule has 23 heavy (non-hydrogen) atoms. The summed E-state index contributed by atoms with van der Waals surface area (Å²) in [7, 11) is 0. The van der Waals surface area contributed by atoms with E-state index in [0.29, 0.717) is 4.90 Å². The predicted octanol–water partition coefficient (Wildman–Crippen LogP) is 1.49. The summed E-state index contributed by atoms with van der Waals surface area (Å²) in [6.07, 6.45) is 0. The highest BCUT2D eigenvalue weighted by Gasteiger charge is 2.49. The fourth-order valence-electron chi connectivity index (χ4n) is 2.35. The van der Waals surface area contributed by atoms with Crippen LogP contribution in [0.3, 0.4) is 0 Å². The minimum Gasteiger partial charge on any atom is -0.493 e. The Balaban J connectivity index is 2.34. The molecule has 1 fully saturated rings. The van der Waals surface area contributed by atoms with Crippen molar-refractivity contribution in [2.24, 2.45) is 0 Å². The van der Waals surface area contributed by atoms with E-state index in [2.05, 4.69) is 0 Å². The first kappa shape index (κ1) is 17.1. The Bertz CT molecular complexity index is 593. The lowest BCUT2D eigenvalue weighted by molar-refractivity contribution is -0.174. The molecule has 1 atom stereocenters. The molecule has 1 amide bonds. The first-order chi connectivity index (χ1) is 10.9. The number of aliphatic carboxylic acids is 1. The Morgan fingerprint density at radius 2 is 2.13 bits per heavy atom. The number of para-hydroxylation sites is 1. The summed E-state index contributed by atoms with van der Waals surface area (Å²) >= 11 is 0. The van der Waals surface area contributed by atoms with Crippen molar-refractivity contribution in [3.05, 3.63) is 29.8 Å². The SMILES string of the molecule is CCOc1ccccc1C(F)(F)C(=O)N1CCOCC1C(=O)O. The van der Waals surface area contributed by atoms with E-state index < -0.39 is 29.4 Å². The van der Waals surface area contributed by atoms with Crippen LogP contribution in [0, 0.1) is 0 Å². The van der Waals surface area contributed by atoms with Crippen LogP contribution in [0.2, 0.25) is 0 Å². The lowest BCUT2D eigenvalue weighted by Crippen LogP contribution is -2.56. The Labute approximate surface area is 131 Å². The molecule has 2 rings (SSSR count). The molecule has 126 valence electrons. The standard InChI is InChI=1S/C15H17F2NO5/c1-2-23-12-6-4-3-5-10(12)15(16,17)14(21)18-7-8-22-9-11(18)13(19)20/h3-6,11H,2,7-9H2,1H3,(H,19,20). The van der Waals surface area contributed by atoms with Crippen molar-refractivity contribution in [1.29, 1.82) is 0 Å². The topological polar surface area (TPSA) is 76.1 Å². The quantitative estimate of drug-likeness (QED) is 0.886. The average molecular weight is 329 g/mol. The van der Waals surface area contributed by atoms with E-state index in [1.165, 1.54) is 18.2 Å². The smallest absolute Gasteiger partial charge is 0.353 e. The molecule has 1 N–H and O–H groups in total. The van der Waals surface area contributed by atoms with Crippen LogP contribution in [0.15, 0.2) is 24.3 Å². The molecular weight excluding hydrogens is 312 g/mol. The Morgan fingerprint density at radius 3 is 2.78 bits per heavy atom. The number of hydrogen-bond acceptors (Lipinski definition) is 4. The zero-order valence-electron chi connectivity index (χ0n) is 12.5. The van der Waals surface area contributed by atoms with Crippen molar-refractivity contribution in [2.45, 2.75) is 18.9 Å². The van der Waals surface area contributed by atoms with E-state index in [1.807, 2.05) is 0 Å². The van der Waals surface area contributed by atoms with Crippen LogP contribution < -0.4 is 4.74 Å². The number of ether oxygens (including phenoxy) is 2. The summed E-state index contributed by atoms with van der Waals surface area (Å²) in [5.41, 5.74) is -0.581. The molecule has 0 bridgehead atoms. The van der Waals surface area contributed by atoms with Gasteiger partial charge in [-0.25, -0.2) is 4.79 Å². The summed E-state index contributed by atoms with van der Waals surface area (Å²) in [6, 6.07) is 3.89. The highest BCUT2D eigenvalue weighted by Crippen LogP contribution is 2.37. The van der Waals surface area contributed by atoms with Crippen molar-refractivity contribution < 1.29 is 33.0 Å². The van der Waals surface area contributed by atoms with Crippen LogP contribution in [-0.4, -0.2) is 54.3 Å². The van der Waals surface area contributed by atoms with Gasteiger partial charge in [0.1, 0.15) is 5.75 Å². The molecule has 1 aliphatic heterocycles. The van der Waals surface area contributed by atoms with Gasteiger partial charge < -0.3 is 19.5 Å². The van der Waals surface area contributed by atoms with Gasteiger partial charge in [0.2, 0.25) is 0 Å². The van der Waals surface area contributed by atoms with Crippen molar-refractivity contribution in [3.63, 3.8) is 0 Å². The van der Waals surface area contributed by atoms with Crippen LogP contribution in [0.1, 0.15) is 12.5 Å². The highest BCUT2D eigenvalue weighted by atomic mass is 19.3. The van der Waals surface area contributed by atoms with Gasteiger partial charge in [0.15, 0.2) is 6.04 Å². The molecule has 1 unspecified atom stereocenters. The summed E-state index contributed by atoms with van der Waals surface area (Å²) in [5.74, 6) is -6.95. The van der Waals surface area contributed by atoms with Crippen molar-refractivity contribution >= 4 is 11.9 Å². The molecular formula is C15H17F2NO5. The maximum Gasteiger partial charge on any atom is 0.353 e. The third-order valence-corrected chi connectivity index (χ3v) is 3.47. The van der Waals surface area contributed by atoms with Crippen molar-refractivity contribution in [3.8, 4) is 5.75 Å². The van der Waals surface area contributed by atoms with E-state index in [0.717, 1.165) is 6.07 Å². The normalized spacial score (nSPS) is 18.6. The first-order valence-corrected chi connectivity index (χ1v) is 7.11. The van der Waals surface area contributed by atoms with Crippen LogP contribution in [0.4, 0.5) is 8.78 Å².